The first-order valence-electron chi connectivity index (χ1n) is 15.1. The van der Waals surface area contributed by atoms with Crippen molar-refractivity contribution in [2.75, 3.05) is 26.7 Å². The summed E-state index contributed by atoms with van der Waals surface area (Å²) in [5, 5.41) is 21.9. The van der Waals surface area contributed by atoms with Gasteiger partial charge in [0.15, 0.2) is 5.52 Å². The summed E-state index contributed by atoms with van der Waals surface area (Å²) in [7, 11) is -0.0351. The molecule has 1 saturated heterocycles. The van der Waals surface area contributed by atoms with Gasteiger partial charge in [0.25, 0.3) is 12.0 Å². The van der Waals surface area contributed by atoms with Crippen molar-refractivity contribution in [2.45, 2.75) is 83.1 Å². The minimum absolute atomic E-state index is 0.0342. The number of nitrogens with zero attached hydrogens (tertiary/aromatic N) is 5. The number of aromatic nitrogens is 4. The molecule has 1 fully saturated rings. The van der Waals surface area contributed by atoms with E-state index in [1.807, 2.05) is 34.7 Å². The first kappa shape index (κ1) is 36.6. The lowest BCUT2D eigenvalue weighted by Crippen LogP contribution is -2.56. The SMILES string of the molecule is CCC(O)(CC(=O)O)OC=O.CCCc1nn(C)c2c(=O)[nH]c(-c3cc(S(=O)(=O)N4C[C@@H](C)N(C)[C@@H](C)C4)ccc3OCC)nc12. The summed E-state index contributed by atoms with van der Waals surface area (Å²) in [6, 6.07) is 4.93. The Morgan fingerprint density at radius 2 is 1.83 bits per heavy atom. The van der Waals surface area contributed by atoms with Crippen molar-refractivity contribution in [2.24, 2.45) is 7.05 Å². The van der Waals surface area contributed by atoms with Crippen LogP contribution in [-0.2, 0) is 37.8 Å². The zero-order valence-corrected chi connectivity index (χ0v) is 28.1. The van der Waals surface area contributed by atoms with Crippen molar-refractivity contribution < 1.29 is 37.7 Å². The van der Waals surface area contributed by atoms with Crippen LogP contribution in [0.25, 0.3) is 22.4 Å². The highest BCUT2D eigenvalue weighted by Gasteiger charge is 2.35. The van der Waals surface area contributed by atoms with Gasteiger partial charge < -0.3 is 24.7 Å². The van der Waals surface area contributed by atoms with Crippen molar-refractivity contribution in [1.29, 1.82) is 0 Å². The molecule has 16 heteroatoms. The Bertz CT molecular complexity index is 1690. The molecule has 4 rings (SSSR count). The first-order valence-corrected chi connectivity index (χ1v) is 16.6. The molecule has 1 unspecified atom stereocenters. The number of piperazine rings is 1. The van der Waals surface area contributed by atoms with Crippen LogP contribution in [0.4, 0.5) is 0 Å². The molecule has 2 aromatic heterocycles. The van der Waals surface area contributed by atoms with Gasteiger partial charge >= 0.3 is 5.97 Å². The third kappa shape index (κ3) is 8.10. The van der Waals surface area contributed by atoms with Gasteiger partial charge in [0.1, 0.15) is 23.5 Å². The second-order valence-corrected chi connectivity index (χ2v) is 13.2. The van der Waals surface area contributed by atoms with Crippen LogP contribution in [0.2, 0.25) is 0 Å². The number of carbonyl (C=O) groups excluding carboxylic acids is 1. The average Bonchev–Trinajstić information content (AvgIpc) is 3.31. The number of fused-ring (bicyclic) bond motifs is 1. The molecule has 1 aromatic carbocycles. The maximum Gasteiger partial charge on any atom is 0.310 e. The van der Waals surface area contributed by atoms with E-state index in [1.165, 1.54) is 15.9 Å². The number of hydrogen-bond acceptors (Lipinski definition) is 11. The number of aromatic amines is 1. The number of carboxylic acids is 1. The molecule has 3 N–H and O–H groups in total. The van der Waals surface area contributed by atoms with Gasteiger partial charge in [-0.2, -0.15) is 9.40 Å². The number of rotatable bonds is 12. The number of aliphatic carboxylic acids is 1. The van der Waals surface area contributed by atoms with Gasteiger partial charge in [0, 0.05) is 38.6 Å². The summed E-state index contributed by atoms with van der Waals surface area (Å²) < 4.78 is 40.3. The van der Waals surface area contributed by atoms with Crippen molar-refractivity contribution in [3.63, 3.8) is 0 Å². The summed E-state index contributed by atoms with van der Waals surface area (Å²) in [4.78, 5) is 42.7. The second-order valence-electron chi connectivity index (χ2n) is 11.3. The Labute approximate surface area is 268 Å². The Kier molecular flexibility index (Phi) is 12.1. The molecule has 0 bridgehead atoms. The highest BCUT2D eigenvalue weighted by Crippen LogP contribution is 2.33. The Balaban J connectivity index is 0.000000449. The van der Waals surface area contributed by atoms with E-state index in [-0.39, 0.29) is 41.3 Å². The molecule has 1 aliphatic rings. The van der Waals surface area contributed by atoms with Crippen LogP contribution in [0.15, 0.2) is 27.9 Å². The minimum Gasteiger partial charge on any atom is -0.493 e. The molecule has 3 atom stereocenters. The van der Waals surface area contributed by atoms with Gasteiger partial charge in [-0.15, -0.1) is 0 Å². The van der Waals surface area contributed by atoms with E-state index in [1.54, 1.807) is 25.2 Å². The lowest BCUT2D eigenvalue weighted by Gasteiger charge is -2.41. The molecule has 0 aliphatic carbocycles. The Morgan fingerprint density at radius 1 is 1.17 bits per heavy atom. The maximum absolute atomic E-state index is 13.6. The Morgan fingerprint density at radius 3 is 2.37 bits per heavy atom. The minimum atomic E-state index is -3.76. The van der Waals surface area contributed by atoms with Crippen LogP contribution in [0, 0.1) is 0 Å². The molecule has 15 nitrogen and oxygen atoms in total. The number of sulfonamides is 1. The molecule has 46 heavy (non-hydrogen) atoms. The zero-order valence-electron chi connectivity index (χ0n) is 27.3. The molecular weight excluding hydrogens is 620 g/mol. The van der Waals surface area contributed by atoms with Crippen LogP contribution in [0.5, 0.6) is 5.75 Å². The first-order chi connectivity index (χ1) is 21.6. The van der Waals surface area contributed by atoms with E-state index in [0.29, 0.717) is 48.5 Å². The van der Waals surface area contributed by atoms with Crippen LogP contribution < -0.4 is 10.3 Å². The quantitative estimate of drug-likeness (QED) is 0.189. The largest absolute Gasteiger partial charge is 0.493 e. The number of likely N-dealkylation sites (N-methyl/N-ethyl adjacent to an activating group) is 1. The van der Waals surface area contributed by atoms with Crippen LogP contribution in [-0.4, -0.2) is 105 Å². The monoisotopic (exact) mass is 664 g/mol. The number of benzene rings is 1. The molecule has 0 spiro atoms. The predicted octanol–water partition coefficient (Wildman–Crippen LogP) is 2.12. The molecular formula is C30H44N6O9S. The third-order valence-corrected chi connectivity index (χ3v) is 9.79. The highest BCUT2D eigenvalue weighted by atomic mass is 32.2. The van der Waals surface area contributed by atoms with E-state index in [2.05, 4.69) is 19.7 Å². The number of carbonyl (C=O) groups is 2. The molecule has 1 aliphatic heterocycles. The lowest BCUT2D eigenvalue weighted by molar-refractivity contribution is -0.203. The number of hydrogen-bond donors (Lipinski definition) is 3. The molecule has 3 aromatic rings. The standard InChI is InChI=1S/C24H34N6O4S.C6H10O5/c1-7-9-19-21-22(29(6)27-19)24(31)26-23(25-21)18-12-17(10-11-20(18)34-8-2)35(32,33)30-13-15(3)28(5)16(4)14-30;1-2-6(10,11-4-7)3-5(8)9/h10-12,15-16H,7-9,13-14H2,1-6H3,(H,25,26,31);4,10H,2-3H2,1H3,(H,8,9)/t15-,16+;. The van der Waals surface area contributed by atoms with Crippen LogP contribution >= 0.6 is 0 Å². The van der Waals surface area contributed by atoms with Crippen molar-refractivity contribution in [3.05, 3.63) is 34.2 Å². The van der Waals surface area contributed by atoms with E-state index in [4.69, 9.17) is 19.9 Å². The van der Waals surface area contributed by atoms with E-state index < -0.39 is 28.2 Å². The number of H-pyrrole nitrogens is 1. The van der Waals surface area contributed by atoms with Crippen molar-refractivity contribution >= 4 is 33.5 Å². The van der Waals surface area contributed by atoms with Crippen molar-refractivity contribution in [1.82, 2.24) is 29.0 Å². The molecule has 0 radical (unpaired) electrons. The zero-order chi connectivity index (χ0) is 34.4. The fourth-order valence-corrected chi connectivity index (χ4v) is 6.82. The third-order valence-electron chi connectivity index (χ3n) is 7.97. The summed E-state index contributed by atoms with van der Waals surface area (Å²) in [6.45, 7) is 10.7. The van der Waals surface area contributed by atoms with E-state index >= 15 is 0 Å². The van der Waals surface area contributed by atoms with Gasteiger partial charge in [-0.25, -0.2) is 13.4 Å². The van der Waals surface area contributed by atoms with Crippen LogP contribution in [0.3, 0.4) is 0 Å². The van der Waals surface area contributed by atoms with Gasteiger partial charge in [-0.3, -0.25) is 24.0 Å². The lowest BCUT2D eigenvalue weighted by atomic mass is 10.1. The molecule has 0 amide bonds. The molecule has 254 valence electrons. The van der Waals surface area contributed by atoms with Gasteiger partial charge in [0.2, 0.25) is 15.8 Å². The topological polar surface area (TPSA) is 197 Å². The summed E-state index contributed by atoms with van der Waals surface area (Å²) >= 11 is 0. The predicted molar refractivity (Wildman–Crippen MR) is 170 cm³/mol. The van der Waals surface area contributed by atoms with Gasteiger partial charge in [0.05, 0.1) is 22.8 Å². The average molecular weight is 665 g/mol. The summed E-state index contributed by atoms with van der Waals surface area (Å²) in [6.07, 6.45) is 0.996. The fourth-order valence-electron chi connectivity index (χ4n) is 5.19. The van der Waals surface area contributed by atoms with Gasteiger partial charge in [-0.05, 0) is 52.4 Å². The number of carboxylic acid groups (broad SMARTS) is 1. The smallest absolute Gasteiger partial charge is 0.310 e. The van der Waals surface area contributed by atoms with Crippen LogP contribution in [0.1, 0.15) is 59.6 Å². The van der Waals surface area contributed by atoms with Crippen molar-refractivity contribution in [3.8, 4) is 17.1 Å². The fraction of sp³-hybridized carbons (Fsp3) is 0.567. The normalized spacial score (nSPS) is 18.8. The van der Waals surface area contributed by atoms with Gasteiger partial charge in [-0.1, -0.05) is 20.3 Å². The number of nitrogens with one attached hydrogen (secondary N) is 1. The maximum atomic E-state index is 13.6. The number of ether oxygens (including phenoxy) is 2. The second kappa shape index (κ2) is 15.2. The summed E-state index contributed by atoms with van der Waals surface area (Å²) in [5.41, 5.74) is 1.73. The number of aliphatic hydroxyl groups is 1. The molecule has 3 heterocycles. The van der Waals surface area contributed by atoms with E-state index in [9.17, 15) is 22.8 Å². The summed E-state index contributed by atoms with van der Waals surface area (Å²) in [5.74, 6) is -2.35. The highest BCUT2D eigenvalue weighted by molar-refractivity contribution is 7.89. The van der Waals surface area contributed by atoms with E-state index in [0.717, 1.165) is 12.1 Å². The number of aryl methyl sites for hydroxylation is 2. The Hall–Kier alpha value is -3.86. The molecule has 0 saturated carbocycles.